The molecule has 0 bridgehead atoms. The minimum absolute atomic E-state index is 1.03. The molecule has 269 valence electrons. The molecule has 1 rings (SSSR count). The molecule has 0 unspecified atom stereocenters. The van der Waals surface area contributed by atoms with E-state index in [-0.39, 0.29) is 0 Å². The molecule has 0 aliphatic carbocycles. The van der Waals surface area contributed by atoms with Crippen molar-refractivity contribution in [2.24, 2.45) is 0 Å². The molecule has 1 heteroatoms. The van der Waals surface area contributed by atoms with Crippen molar-refractivity contribution in [1.29, 1.82) is 0 Å². The Labute approximate surface area is 291 Å². The fourth-order valence-electron chi connectivity index (χ4n) is 7.16. The first-order chi connectivity index (χ1) is 22.8. The second-order valence-electron chi connectivity index (χ2n) is 15.0. The summed E-state index contributed by atoms with van der Waals surface area (Å²) in [7, 11) is 0. The van der Waals surface area contributed by atoms with Gasteiger partial charge in [-0.05, 0) is 56.2 Å². The van der Waals surface area contributed by atoms with Crippen LogP contribution in [0.3, 0.4) is 0 Å². The lowest BCUT2D eigenvalue weighted by atomic mass is 10.0. The number of rotatable bonds is 37. The van der Waals surface area contributed by atoms with Crippen LogP contribution in [0.25, 0.3) is 0 Å². The largest absolute Gasteiger partial charge is 0.258 e. The second kappa shape index (κ2) is 35.5. The first kappa shape index (κ1) is 43.2. The molecule has 46 heavy (non-hydrogen) atoms. The predicted octanol–water partition coefficient (Wildman–Crippen LogP) is 15.8. The quantitative estimate of drug-likeness (QED) is 0.0661. The van der Waals surface area contributed by atoms with Gasteiger partial charge in [-0.3, -0.25) is 4.98 Å². The molecule has 0 saturated heterocycles. The number of nitrogens with zero attached hydrogens (tertiary/aromatic N) is 1. The van der Waals surface area contributed by atoms with Gasteiger partial charge in [-0.25, -0.2) is 0 Å². The van der Waals surface area contributed by atoms with Gasteiger partial charge in [0.1, 0.15) is 0 Å². The highest BCUT2D eigenvalue weighted by atomic mass is 14.7. The Bertz CT molecular complexity index is 669. The molecule has 0 N–H and O–H groups in total. The second-order valence-corrected chi connectivity index (χ2v) is 15.0. The van der Waals surface area contributed by atoms with Gasteiger partial charge in [-0.1, -0.05) is 220 Å². The molecule has 0 aliphatic heterocycles. The minimum atomic E-state index is 1.03. The maximum absolute atomic E-state index is 5.14. The summed E-state index contributed by atoms with van der Waals surface area (Å²) in [5.41, 5.74) is 4.23. The van der Waals surface area contributed by atoms with Crippen LogP contribution >= 0.6 is 0 Å². The normalized spacial score (nSPS) is 11.5. The van der Waals surface area contributed by atoms with Gasteiger partial charge in [-0.2, -0.15) is 0 Å². The molecular formula is C45H84N. The summed E-state index contributed by atoms with van der Waals surface area (Å²) in [6, 6.07) is 4.83. The van der Waals surface area contributed by atoms with Gasteiger partial charge < -0.3 is 0 Å². The molecule has 0 atom stereocenters. The van der Waals surface area contributed by atoms with E-state index in [0.29, 0.717) is 0 Å². The summed E-state index contributed by atoms with van der Waals surface area (Å²) >= 11 is 0. The summed E-state index contributed by atoms with van der Waals surface area (Å²) in [4.78, 5) is 5.14. The zero-order valence-electron chi connectivity index (χ0n) is 32.0. The first-order valence-corrected chi connectivity index (χ1v) is 21.6. The van der Waals surface area contributed by atoms with Crippen molar-refractivity contribution in [3.63, 3.8) is 0 Å². The molecule has 1 heterocycles. The van der Waals surface area contributed by atoms with Crippen molar-refractivity contribution in [2.75, 3.05) is 0 Å². The van der Waals surface area contributed by atoms with Crippen molar-refractivity contribution in [2.45, 2.75) is 251 Å². The Morgan fingerprint density at radius 1 is 0.348 bits per heavy atom. The fourth-order valence-corrected chi connectivity index (χ4v) is 7.16. The molecule has 1 aromatic rings. The van der Waals surface area contributed by atoms with E-state index in [1.165, 1.54) is 248 Å². The number of hydrogen-bond donors (Lipinski definition) is 0. The highest BCUT2D eigenvalue weighted by Crippen LogP contribution is 2.18. The Kier molecular flexibility index (Phi) is 33.3. The van der Waals surface area contributed by atoms with E-state index in [1.54, 1.807) is 0 Å². The monoisotopic (exact) mass is 639 g/mol. The molecule has 1 radical (unpaired) electrons. The Balaban J connectivity index is 2.06. The van der Waals surface area contributed by atoms with Crippen LogP contribution in [0.1, 0.15) is 249 Å². The van der Waals surface area contributed by atoms with Gasteiger partial charge in [0.15, 0.2) is 0 Å². The van der Waals surface area contributed by atoms with E-state index in [9.17, 15) is 0 Å². The lowest BCUT2D eigenvalue weighted by Gasteiger charge is -2.10. The Morgan fingerprint density at radius 3 is 0.870 bits per heavy atom. The van der Waals surface area contributed by atoms with E-state index in [4.69, 9.17) is 4.98 Å². The highest BCUT2D eigenvalue weighted by molar-refractivity contribution is 5.22. The van der Waals surface area contributed by atoms with Gasteiger partial charge in [-0.15, -0.1) is 0 Å². The van der Waals surface area contributed by atoms with Gasteiger partial charge in [0.2, 0.25) is 0 Å². The Hall–Kier alpha value is -0.850. The lowest BCUT2D eigenvalue weighted by Crippen LogP contribution is -2.00. The fraction of sp³-hybridized carbons (Fsp3) is 0.867. The summed E-state index contributed by atoms with van der Waals surface area (Å²) in [6.07, 6.45) is 51.6. The van der Waals surface area contributed by atoms with E-state index < -0.39 is 0 Å². The van der Waals surface area contributed by atoms with Crippen LogP contribution in [0.15, 0.2) is 12.1 Å². The zero-order valence-corrected chi connectivity index (χ0v) is 32.0. The summed E-state index contributed by atoms with van der Waals surface area (Å²) < 4.78 is 0. The van der Waals surface area contributed by atoms with Gasteiger partial charge in [0.25, 0.3) is 0 Å². The third-order valence-corrected chi connectivity index (χ3v) is 10.3. The van der Waals surface area contributed by atoms with Crippen LogP contribution in [0, 0.1) is 6.92 Å². The van der Waals surface area contributed by atoms with Crippen molar-refractivity contribution in [3.8, 4) is 0 Å². The summed E-state index contributed by atoms with van der Waals surface area (Å²) in [5, 5.41) is 0. The molecule has 0 amide bonds. The Morgan fingerprint density at radius 2 is 0.609 bits per heavy atom. The third-order valence-electron chi connectivity index (χ3n) is 10.3. The maximum Gasteiger partial charge on any atom is 0.0409 e. The molecule has 1 nitrogen and oxygen atoms in total. The lowest BCUT2D eigenvalue weighted by molar-refractivity contribution is 0.528. The average Bonchev–Trinajstić information content (AvgIpc) is 3.07. The number of pyridine rings is 1. The van der Waals surface area contributed by atoms with Crippen molar-refractivity contribution in [1.82, 2.24) is 4.98 Å². The molecule has 1 aromatic heterocycles. The molecule has 0 fully saturated rings. The standard InChI is InChI=1S/C45H84N/c1-4-7-10-12-14-16-18-20-22-24-26-28-30-32-34-36-39-44-41-43(38-9-6-3)42-45(46-44)40-37-35-33-31-29-27-25-23-21-19-17-15-13-11-8-5-2/h41-42H,3-40H2,1-2H3. The van der Waals surface area contributed by atoms with Crippen LogP contribution in [-0.2, 0) is 19.3 Å². The van der Waals surface area contributed by atoms with E-state index >= 15 is 0 Å². The van der Waals surface area contributed by atoms with E-state index in [1.807, 2.05) is 0 Å². The number of aromatic nitrogens is 1. The predicted molar refractivity (Wildman–Crippen MR) is 209 cm³/mol. The topological polar surface area (TPSA) is 12.9 Å². The SMILES string of the molecule is [CH2]CCCc1cc(CCCCCCCCCCCCCCCCCC)nc(CCCCCCCCCCCCCCCCCC)c1. The zero-order chi connectivity index (χ0) is 33.0. The van der Waals surface area contributed by atoms with Crippen molar-refractivity contribution in [3.05, 3.63) is 36.0 Å². The van der Waals surface area contributed by atoms with Crippen molar-refractivity contribution < 1.29 is 0 Å². The van der Waals surface area contributed by atoms with E-state index in [2.05, 4.69) is 32.9 Å². The third kappa shape index (κ3) is 29.3. The smallest absolute Gasteiger partial charge is 0.0409 e. The van der Waals surface area contributed by atoms with E-state index in [0.717, 1.165) is 6.42 Å². The number of unbranched alkanes of at least 4 members (excludes halogenated alkanes) is 31. The molecule has 0 aromatic carbocycles. The first-order valence-electron chi connectivity index (χ1n) is 21.6. The minimum Gasteiger partial charge on any atom is -0.258 e. The van der Waals surface area contributed by atoms with Crippen LogP contribution in [0.2, 0.25) is 0 Å². The van der Waals surface area contributed by atoms with Crippen LogP contribution in [0.4, 0.5) is 0 Å². The highest BCUT2D eigenvalue weighted by Gasteiger charge is 2.05. The van der Waals surface area contributed by atoms with Crippen LogP contribution in [0.5, 0.6) is 0 Å². The molecule has 0 spiro atoms. The maximum atomic E-state index is 5.14. The van der Waals surface area contributed by atoms with Crippen LogP contribution < -0.4 is 0 Å². The molecular weight excluding hydrogens is 555 g/mol. The van der Waals surface area contributed by atoms with Crippen LogP contribution in [-0.4, -0.2) is 4.98 Å². The van der Waals surface area contributed by atoms with Crippen molar-refractivity contribution >= 4 is 0 Å². The number of hydrogen-bond acceptors (Lipinski definition) is 1. The van der Waals surface area contributed by atoms with Gasteiger partial charge >= 0.3 is 0 Å². The summed E-state index contributed by atoms with van der Waals surface area (Å²) in [5.74, 6) is 0. The molecule has 0 saturated carbocycles. The van der Waals surface area contributed by atoms with Gasteiger partial charge in [0.05, 0.1) is 0 Å². The molecule has 0 aliphatic rings. The summed E-state index contributed by atoms with van der Waals surface area (Å²) in [6.45, 7) is 8.69. The van der Waals surface area contributed by atoms with Gasteiger partial charge in [0, 0.05) is 11.4 Å². The average molecular weight is 639 g/mol. The number of aryl methyl sites for hydroxylation is 3.